The molecule has 1 aliphatic heterocycles. The smallest absolute Gasteiger partial charge is 0.243 e. The number of amides is 2. The molecule has 0 spiro atoms. The van der Waals surface area contributed by atoms with Gasteiger partial charge in [-0.25, -0.2) is 8.42 Å². The number of rotatable bonds is 8. The lowest BCUT2D eigenvalue weighted by molar-refractivity contribution is -0.125. The van der Waals surface area contributed by atoms with Gasteiger partial charge in [-0.05, 0) is 43.7 Å². The second-order valence-corrected chi connectivity index (χ2v) is 8.58. The lowest BCUT2D eigenvalue weighted by Gasteiger charge is -2.30. The minimum Gasteiger partial charge on any atom is -0.369 e. The van der Waals surface area contributed by atoms with E-state index in [0.717, 1.165) is 19.4 Å². The molecule has 1 aliphatic rings. The fourth-order valence-corrected chi connectivity index (χ4v) is 4.72. The van der Waals surface area contributed by atoms with Gasteiger partial charge in [0.05, 0.1) is 17.4 Å². The van der Waals surface area contributed by atoms with Crippen molar-refractivity contribution in [2.24, 2.45) is 11.7 Å². The normalized spacial score (nSPS) is 18.4. The van der Waals surface area contributed by atoms with Crippen LogP contribution in [0.5, 0.6) is 0 Å². The van der Waals surface area contributed by atoms with Crippen LogP contribution >= 0.6 is 0 Å². The molecule has 1 fully saturated rings. The van der Waals surface area contributed by atoms with E-state index < -0.39 is 10.0 Å². The number of hydrogen-bond acceptors (Lipinski definition) is 5. The van der Waals surface area contributed by atoms with Crippen LogP contribution in [0.25, 0.3) is 0 Å². The Morgan fingerprint density at radius 1 is 1.22 bits per heavy atom. The second kappa shape index (κ2) is 9.29. The van der Waals surface area contributed by atoms with Gasteiger partial charge in [0.15, 0.2) is 0 Å². The number of sulfonamides is 1. The van der Waals surface area contributed by atoms with E-state index in [1.807, 2.05) is 4.90 Å². The molecule has 1 atom stereocenters. The number of carbonyl (C=O) groups is 2. The van der Waals surface area contributed by atoms with Crippen molar-refractivity contribution in [3.63, 3.8) is 0 Å². The Labute approximate surface area is 160 Å². The number of likely N-dealkylation sites (tertiary alicyclic amines) is 1. The SMILES string of the molecule is CCN(CC)S(=O)(=O)c1ccc(NC(=O)CN2CCCC(C(N)=O)C2)cc1. The molecule has 0 aromatic heterocycles. The molecule has 1 aromatic carbocycles. The summed E-state index contributed by atoms with van der Waals surface area (Å²) < 4.78 is 26.3. The van der Waals surface area contributed by atoms with Gasteiger partial charge in [0.25, 0.3) is 0 Å². The first-order chi connectivity index (χ1) is 12.8. The summed E-state index contributed by atoms with van der Waals surface area (Å²) >= 11 is 0. The third-order valence-electron chi connectivity index (χ3n) is 4.76. The van der Waals surface area contributed by atoms with Crippen molar-refractivity contribution in [2.75, 3.05) is 38.0 Å². The van der Waals surface area contributed by atoms with E-state index in [1.165, 1.54) is 16.4 Å². The highest BCUT2D eigenvalue weighted by Crippen LogP contribution is 2.19. The van der Waals surface area contributed by atoms with Gasteiger partial charge in [0.2, 0.25) is 21.8 Å². The Balaban J connectivity index is 1.96. The molecule has 1 saturated heterocycles. The van der Waals surface area contributed by atoms with Crippen LogP contribution in [0.1, 0.15) is 26.7 Å². The van der Waals surface area contributed by atoms with Crippen molar-refractivity contribution < 1.29 is 18.0 Å². The zero-order valence-corrected chi connectivity index (χ0v) is 16.7. The summed E-state index contributed by atoms with van der Waals surface area (Å²) in [6, 6.07) is 6.15. The number of nitrogens with one attached hydrogen (secondary N) is 1. The first kappa shape index (κ1) is 21.3. The van der Waals surface area contributed by atoms with Crippen LogP contribution in [0.3, 0.4) is 0 Å². The van der Waals surface area contributed by atoms with Gasteiger partial charge in [0.1, 0.15) is 0 Å². The monoisotopic (exact) mass is 396 g/mol. The summed E-state index contributed by atoms with van der Waals surface area (Å²) in [4.78, 5) is 25.7. The summed E-state index contributed by atoms with van der Waals surface area (Å²) in [5.74, 6) is -0.749. The van der Waals surface area contributed by atoms with E-state index in [-0.39, 0.29) is 29.2 Å². The third kappa shape index (κ3) is 5.50. The molecular formula is C18H28N4O4S. The number of piperidine rings is 1. The molecule has 0 radical (unpaired) electrons. The van der Waals surface area contributed by atoms with Crippen LogP contribution in [0, 0.1) is 5.92 Å². The Morgan fingerprint density at radius 2 is 1.85 bits per heavy atom. The van der Waals surface area contributed by atoms with Crippen LogP contribution in [-0.4, -0.2) is 62.2 Å². The minimum absolute atomic E-state index is 0.170. The van der Waals surface area contributed by atoms with E-state index in [1.54, 1.807) is 26.0 Å². The van der Waals surface area contributed by atoms with Crippen LogP contribution in [0.2, 0.25) is 0 Å². The number of primary amides is 1. The predicted molar refractivity (Wildman–Crippen MR) is 104 cm³/mol. The van der Waals surface area contributed by atoms with Crippen molar-refractivity contribution in [3.05, 3.63) is 24.3 Å². The fourth-order valence-electron chi connectivity index (χ4n) is 3.26. The summed E-state index contributed by atoms with van der Waals surface area (Å²) in [7, 11) is -3.51. The summed E-state index contributed by atoms with van der Waals surface area (Å²) in [6.45, 7) is 5.79. The Bertz CT molecular complexity index is 760. The van der Waals surface area contributed by atoms with Crippen molar-refractivity contribution >= 4 is 27.5 Å². The highest BCUT2D eigenvalue weighted by atomic mass is 32.2. The van der Waals surface area contributed by atoms with Crippen LogP contribution in [0.4, 0.5) is 5.69 Å². The van der Waals surface area contributed by atoms with Gasteiger partial charge in [-0.15, -0.1) is 0 Å². The molecule has 0 aliphatic carbocycles. The van der Waals surface area contributed by atoms with Gasteiger partial charge in [-0.2, -0.15) is 4.31 Å². The lowest BCUT2D eigenvalue weighted by Crippen LogP contribution is -2.44. The number of anilines is 1. The number of benzene rings is 1. The molecular weight excluding hydrogens is 368 g/mol. The molecule has 0 bridgehead atoms. The maximum atomic E-state index is 12.5. The zero-order valence-electron chi connectivity index (χ0n) is 15.8. The lowest BCUT2D eigenvalue weighted by atomic mass is 9.97. The molecule has 2 amide bonds. The van der Waals surface area contributed by atoms with E-state index in [4.69, 9.17) is 5.73 Å². The molecule has 27 heavy (non-hydrogen) atoms. The van der Waals surface area contributed by atoms with E-state index in [2.05, 4.69) is 5.32 Å². The number of hydrogen-bond donors (Lipinski definition) is 2. The fraction of sp³-hybridized carbons (Fsp3) is 0.556. The van der Waals surface area contributed by atoms with Crippen LogP contribution in [-0.2, 0) is 19.6 Å². The number of nitrogens with two attached hydrogens (primary N) is 1. The maximum absolute atomic E-state index is 12.5. The van der Waals surface area contributed by atoms with Gasteiger partial charge in [-0.3, -0.25) is 14.5 Å². The first-order valence-corrected chi connectivity index (χ1v) is 10.6. The van der Waals surface area contributed by atoms with E-state index in [0.29, 0.717) is 25.3 Å². The molecule has 1 aromatic rings. The maximum Gasteiger partial charge on any atom is 0.243 e. The van der Waals surface area contributed by atoms with E-state index in [9.17, 15) is 18.0 Å². The van der Waals surface area contributed by atoms with E-state index >= 15 is 0 Å². The van der Waals surface area contributed by atoms with Gasteiger partial charge in [-0.1, -0.05) is 13.8 Å². The first-order valence-electron chi connectivity index (χ1n) is 9.19. The zero-order chi connectivity index (χ0) is 20.0. The van der Waals surface area contributed by atoms with Gasteiger partial charge >= 0.3 is 0 Å². The highest BCUT2D eigenvalue weighted by molar-refractivity contribution is 7.89. The standard InChI is InChI=1S/C18H28N4O4S/c1-3-22(4-2)27(25,26)16-9-7-15(8-10-16)20-17(23)13-21-11-5-6-14(12-21)18(19)24/h7-10,14H,3-6,11-13H2,1-2H3,(H2,19,24)(H,20,23). The molecule has 9 heteroatoms. The van der Waals surface area contributed by atoms with Crippen molar-refractivity contribution in [1.29, 1.82) is 0 Å². The second-order valence-electron chi connectivity index (χ2n) is 6.64. The molecule has 8 nitrogen and oxygen atoms in total. The minimum atomic E-state index is -3.51. The average molecular weight is 397 g/mol. The molecule has 150 valence electrons. The van der Waals surface area contributed by atoms with Gasteiger partial charge < -0.3 is 11.1 Å². The molecule has 1 heterocycles. The summed E-state index contributed by atoms with van der Waals surface area (Å²) in [5, 5.41) is 2.76. The van der Waals surface area contributed by atoms with Crippen molar-refractivity contribution in [1.82, 2.24) is 9.21 Å². The van der Waals surface area contributed by atoms with Crippen molar-refractivity contribution in [2.45, 2.75) is 31.6 Å². The van der Waals surface area contributed by atoms with Crippen LogP contribution < -0.4 is 11.1 Å². The predicted octanol–water partition coefficient (Wildman–Crippen LogP) is 0.853. The topological polar surface area (TPSA) is 113 Å². The molecule has 2 rings (SSSR count). The van der Waals surface area contributed by atoms with Crippen molar-refractivity contribution in [3.8, 4) is 0 Å². The number of nitrogens with zero attached hydrogens (tertiary/aromatic N) is 2. The quantitative estimate of drug-likeness (QED) is 0.676. The Hall–Kier alpha value is -1.97. The summed E-state index contributed by atoms with van der Waals surface area (Å²) in [6.07, 6.45) is 1.59. The Morgan fingerprint density at radius 3 is 2.41 bits per heavy atom. The number of carbonyl (C=O) groups excluding carboxylic acids is 2. The molecule has 3 N–H and O–H groups in total. The largest absolute Gasteiger partial charge is 0.369 e. The summed E-state index contributed by atoms with van der Waals surface area (Å²) in [5.41, 5.74) is 5.89. The highest BCUT2D eigenvalue weighted by Gasteiger charge is 2.25. The molecule has 0 saturated carbocycles. The third-order valence-corrected chi connectivity index (χ3v) is 6.82. The molecule has 1 unspecified atom stereocenters. The van der Waals surface area contributed by atoms with Gasteiger partial charge in [0, 0.05) is 25.3 Å². The average Bonchev–Trinajstić information content (AvgIpc) is 2.63. The van der Waals surface area contributed by atoms with Crippen LogP contribution in [0.15, 0.2) is 29.2 Å². The Kier molecular flexibility index (Phi) is 7.34.